The van der Waals surface area contributed by atoms with E-state index in [1.807, 2.05) is 38.1 Å². The summed E-state index contributed by atoms with van der Waals surface area (Å²) in [6.45, 7) is 4.44. The Bertz CT molecular complexity index is 355. The van der Waals surface area contributed by atoms with Gasteiger partial charge in [-0.2, -0.15) is 0 Å². The minimum absolute atomic E-state index is 0.158. The maximum Gasteiger partial charge on any atom is 0.315 e. The summed E-state index contributed by atoms with van der Waals surface area (Å²) in [4.78, 5) is 11.4. The van der Waals surface area contributed by atoms with Gasteiger partial charge >= 0.3 is 6.03 Å². The van der Waals surface area contributed by atoms with E-state index in [4.69, 9.17) is 11.6 Å². The number of hydrogen-bond donors (Lipinski definition) is 2. The molecule has 0 spiro atoms. The predicted octanol–water partition coefficient (Wildman–Crippen LogP) is 2.94. The molecule has 2 amide bonds. The van der Waals surface area contributed by atoms with E-state index >= 15 is 0 Å². The van der Waals surface area contributed by atoms with E-state index < -0.39 is 0 Å². The number of hydrogen-bond acceptors (Lipinski definition) is 1. The summed E-state index contributed by atoms with van der Waals surface area (Å²) in [5, 5.41) is 6.27. The number of amides is 2. The van der Waals surface area contributed by atoms with Gasteiger partial charge in [0.05, 0.1) is 0 Å². The standard InChI is InChI=1S/C12H17ClN2O/c1-3-9(2)15-12(16)14-8-10-6-4-5-7-11(10)13/h4-7,9H,3,8H2,1-2H3,(H2,14,15,16). The summed E-state index contributed by atoms with van der Waals surface area (Å²) in [5.41, 5.74) is 0.920. The van der Waals surface area contributed by atoms with Crippen LogP contribution in [0, 0.1) is 0 Å². The molecule has 0 bridgehead atoms. The van der Waals surface area contributed by atoms with Gasteiger partial charge in [-0.3, -0.25) is 0 Å². The van der Waals surface area contributed by atoms with Crippen molar-refractivity contribution in [2.45, 2.75) is 32.9 Å². The van der Waals surface area contributed by atoms with Crippen molar-refractivity contribution >= 4 is 17.6 Å². The van der Waals surface area contributed by atoms with Crippen molar-refractivity contribution in [2.75, 3.05) is 0 Å². The second-order valence-electron chi connectivity index (χ2n) is 3.73. The lowest BCUT2D eigenvalue weighted by Gasteiger charge is -2.12. The average molecular weight is 241 g/mol. The second kappa shape index (κ2) is 6.38. The maximum atomic E-state index is 11.4. The van der Waals surface area contributed by atoms with Crippen LogP contribution in [0.5, 0.6) is 0 Å². The quantitative estimate of drug-likeness (QED) is 0.835. The Morgan fingerprint density at radius 3 is 2.75 bits per heavy atom. The van der Waals surface area contributed by atoms with Gasteiger partial charge in [-0.25, -0.2) is 4.79 Å². The zero-order chi connectivity index (χ0) is 12.0. The SMILES string of the molecule is CCC(C)NC(=O)NCc1ccccc1Cl. The van der Waals surface area contributed by atoms with Crippen molar-refractivity contribution in [1.29, 1.82) is 0 Å². The van der Waals surface area contributed by atoms with Crippen LogP contribution >= 0.6 is 11.6 Å². The van der Waals surface area contributed by atoms with E-state index in [9.17, 15) is 4.79 Å². The highest BCUT2D eigenvalue weighted by Crippen LogP contribution is 2.14. The molecule has 0 radical (unpaired) electrons. The molecule has 16 heavy (non-hydrogen) atoms. The monoisotopic (exact) mass is 240 g/mol. The van der Waals surface area contributed by atoms with Crippen molar-refractivity contribution in [3.05, 3.63) is 34.9 Å². The van der Waals surface area contributed by atoms with E-state index in [-0.39, 0.29) is 12.1 Å². The number of carbonyl (C=O) groups excluding carboxylic acids is 1. The van der Waals surface area contributed by atoms with E-state index in [1.54, 1.807) is 0 Å². The molecule has 1 aromatic carbocycles. The summed E-state index contributed by atoms with van der Waals surface area (Å²) in [6, 6.07) is 7.50. The van der Waals surface area contributed by atoms with Crippen molar-refractivity contribution in [3.63, 3.8) is 0 Å². The van der Waals surface area contributed by atoms with E-state index in [2.05, 4.69) is 10.6 Å². The van der Waals surface area contributed by atoms with Crippen LogP contribution in [-0.2, 0) is 6.54 Å². The summed E-state index contributed by atoms with van der Waals surface area (Å²) in [5.74, 6) is 0. The molecule has 3 nitrogen and oxygen atoms in total. The van der Waals surface area contributed by atoms with Crippen molar-refractivity contribution < 1.29 is 4.79 Å². The lowest BCUT2D eigenvalue weighted by molar-refractivity contribution is 0.237. The Morgan fingerprint density at radius 1 is 1.44 bits per heavy atom. The Labute approximate surface area is 101 Å². The molecule has 0 saturated carbocycles. The number of nitrogens with one attached hydrogen (secondary N) is 2. The number of rotatable bonds is 4. The average Bonchev–Trinajstić information content (AvgIpc) is 2.28. The van der Waals surface area contributed by atoms with Gasteiger partial charge in [0.1, 0.15) is 0 Å². The van der Waals surface area contributed by atoms with Gasteiger partial charge in [0.2, 0.25) is 0 Å². The highest BCUT2D eigenvalue weighted by molar-refractivity contribution is 6.31. The van der Waals surface area contributed by atoms with Gasteiger partial charge in [-0.15, -0.1) is 0 Å². The van der Waals surface area contributed by atoms with E-state index in [0.29, 0.717) is 11.6 Å². The fraction of sp³-hybridized carbons (Fsp3) is 0.417. The van der Waals surface area contributed by atoms with Crippen LogP contribution in [0.15, 0.2) is 24.3 Å². The smallest absolute Gasteiger partial charge is 0.315 e. The van der Waals surface area contributed by atoms with E-state index in [1.165, 1.54) is 0 Å². The molecule has 88 valence electrons. The van der Waals surface area contributed by atoms with Crippen molar-refractivity contribution in [1.82, 2.24) is 10.6 Å². The third kappa shape index (κ3) is 4.11. The fourth-order valence-electron chi connectivity index (χ4n) is 1.19. The maximum absolute atomic E-state index is 11.4. The second-order valence-corrected chi connectivity index (χ2v) is 4.13. The van der Waals surface area contributed by atoms with Crippen LogP contribution < -0.4 is 10.6 Å². The molecule has 1 aromatic rings. The van der Waals surface area contributed by atoms with Gasteiger partial charge in [-0.05, 0) is 25.0 Å². The van der Waals surface area contributed by atoms with Crippen LogP contribution in [0.25, 0.3) is 0 Å². The van der Waals surface area contributed by atoms with Crippen LogP contribution in [0.1, 0.15) is 25.8 Å². The van der Waals surface area contributed by atoms with Crippen molar-refractivity contribution in [2.24, 2.45) is 0 Å². The van der Waals surface area contributed by atoms with Crippen molar-refractivity contribution in [3.8, 4) is 0 Å². The number of halogens is 1. The largest absolute Gasteiger partial charge is 0.336 e. The first-order valence-corrected chi connectivity index (χ1v) is 5.79. The van der Waals surface area contributed by atoms with E-state index in [0.717, 1.165) is 12.0 Å². The zero-order valence-electron chi connectivity index (χ0n) is 9.59. The summed E-state index contributed by atoms with van der Waals surface area (Å²) in [7, 11) is 0. The lowest BCUT2D eigenvalue weighted by Crippen LogP contribution is -2.40. The molecule has 0 heterocycles. The van der Waals surface area contributed by atoms with Crippen LogP contribution in [0.3, 0.4) is 0 Å². The van der Waals surface area contributed by atoms with Gasteiger partial charge in [0.25, 0.3) is 0 Å². The molecule has 0 aliphatic heterocycles. The predicted molar refractivity (Wildman–Crippen MR) is 66.6 cm³/mol. The third-order valence-electron chi connectivity index (χ3n) is 2.39. The van der Waals surface area contributed by atoms with Crippen LogP contribution in [0.2, 0.25) is 5.02 Å². The molecule has 1 rings (SSSR count). The minimum Gasteiger partial charge on any atom is -0.336 e. The molecule has 2 N–H and O–H groups in total. The molecule has 0 aromatic heterocycles. The Hall–Kier alpha value is -1.22. The normalized spacial score (nSPS) is 11.9. The minimum atomic E-state index is -0.158. The first-order valence-electron chi connectivity index (χ1n) is 5.41. The Morgan fingerprint density at radius 2 is 2.12 bits per heavy atom. The summed E-state index contributed by atoms with van der Waals surface area (Å²) < 4.78 is 0. The first kappa shape index (κ1) is 12.8. The molecular formula is C12H17ClN2O. The highest BCUT2D eigenvalue weighted by Gasteiger charge is 2.05. The highest BCUT2D eigenvalue weighted by atomic mass is 35.5. The number of carbonyl (C=O) groups is 1. The van der Waals surface area contributed by atoms with Crippen LogP contribution in [0.4, 0.5) is 4.79 Å². The number of urea groups is 1. The molecular weight excluding hydrogens is 224 g/mol. The summed E-state index contributed by atoms with van der Waals surface area (Å²) in [6.07, 6.45) is 0.916. The van der Waals surface area contributed by atoms with Gasteiger partial charge < -0.3 is 10.6 Å². The third-order valence-corrected chi connectivity index (χ3v) is 2.76. The zero-order valence-corrected chi connectivity index (χ0v) is 10.3. The van der Waals surface area contributed by atoms with Gasteiger partial charge in [0.15, 0.2) is 0 Å². The summed E-state index contributed by atoms with van der Waals surface area (Å²) >= 11 is 5.97. The molecule has 1 unspecified atom stereocenters. The molecule has 0 fully saturated rings. The van der Waals surface area contributed by atoms with Crippen LogP contribution in [-0.4, -0.2) is 12.1 Å². The lowest BCUT2D eigenvalue weighted by atomic mass is 10.2. The molecule has 0 aliphatic rings. The van der Waals surface area contributed by atoms with Gasteiger partial charge in [0, 0.05) is 17.6 Å². The molecule has 4 heteroatoms. The number of benzene rings is 1. The Balaban J connectivity index is 2.40. The molecule has 0 saturated heterocycles. The fourth-order valence-corrected chi connectivity index (χ4v) is 1.40. The first-order chi connectivity index (χ1) is 7.63. The Kier molecular flexibility index (Phi) is 5.12. The molecule has 0 aliphatic carbocycles. The van der Waals surface area contributed by atoms with Gasteiger partial charge in [-0.1, -0.05) is 36.7 Å². The topological polar surface area (TPSA) is 41.1 Å². The molecule has 1 atom stereocenters.